The summed E-state index contributed by atoms with van der Waals surface area (Å²) in [4.78, 5) is 4.00. The second kappa shape index (κ2) is 5.31. The molecule has 17 heavy (non-hydrogen) atoms. The Morgan fingerprint density at radius 2 is 2.12 bits per heavy atom. The van der Waals surface area contributed by atoms with Crippen LogP contribution >= 0.6 is 12.2 Å². The number of anilines is 2. The van der Waals surface area contributed by atoms with Crippen LogP contribution in [0, 0.1) is 5.41 Å². The van der Waals surface area contributed by atoms with Gasteiger partial charge < -0.3 is 16.4 Å². The molecule has 94 valence electrons. The minimum absolute atomic E-state index is 0.145. The molecule has 0 aliphatic heterocycles. The van der Waals surface area contributed by atoms with Gasteiger partial charge in [0, 0.05) is 12.2 Å². The first-order chi connectivity index (χ1) is 7.80. The van der Waals surface area contributed by atoms with E-state index in [0.717, 1.165) is 5.69 Å². The molecule has 0 radical (unpaired) electrons. The van der Waals surface area contributed by atoms with E-state index in [1.807, 2.05) is 0 Å². The number of thiocarbonyl (C=S) groups is 1. The Kier molecular flexibility index (Phi) is 4.28. The second-order valence-electron chi connectivity index (χ2n) is 5.15. The lowest BCUT2D eigenvalue weighted by Gasteiger charge is -2.29. The summed E-state index contributed by atoms with van der Waals surface area (Å²) in [7, 11) is 0. The molecule has 0 saturated carbocycles. The normalized spacial score (nSPS) is 12.9. The van der Waals surface area contributed by atoms with Crippen molar-refractivity contribution in [1.29, 1.82) is 0 Å². The lowest BCUT2D eigenvalue weighted by atomic mass is 9.88. The van der Waals surface area contributed by atoms with E-state index in [2.05, 4.69) is 43.3 Å². The molecule has 1 unspecified atom stereocenters. The molecule has 0 amide bonds. The zero-order chi connectivity index (χ0) is 13.1. The maximum Gasteiger partial charge on any atom is 0.171 e. The van der Waals surface area contributed by atoms with E-state index in [0.29, 0.717) is 10.8 Å². The average molecular weight is 252 g/mol. The van der Waals surface area contributed by atoms with Crippen LogP contribution in [0.3, 0.4) is 0 Å². The van der Waals surface area contributed by atoms with Crippen LogP contribution in [0.25, 0.3) is 0 Å². The van der Waals surface area contributed by atoms with Gasteiger partial charge in [-0.05, 0) is 30.6 Å². The van der Waals surface area contributed by atoms with Gasteiger partial charge in [0.1, 0.15) is 0 Å². The predicted molar refractivity (Wildman–Crippen MR) is 76.9 cm³/mol. The van der Waals surface area contributed by atoms with Crippen molar-refractivity contribution < 1.29 is 0 Å². The molecule has 1 aromatic rings. The minimum Gasteiger partial charge on any atom is -0.397 e. The van der Waals surface area contributed by atoms with Crippen molar-refractivity contribution in [3.63, 3.8) is 0 Å². The summed E-state index contributed by atoms with van der Waals surface area (Å²) in [5.74, 6) is 0. The van der Waals surface area contributed by atoms with Crippen LogP contribution in [0.1, 0.15) is 27.7 Å². The summed E-state index contributed by atoms with van der Waals surface area (Å²) in [5.41, 5.74) is 7.30. The summed E-state index contributed by atoms with van der Waals surface area (Å²) in [5, 5.41) is 6.84. The molecule has 0 aliphatic rings. The Hall–Kier alpha value is -1.36. The average Bonchev–Trinajstić information content (AvgIpc) is 2.20. The fourth-order valence-corrected chi connectivity index (χ4v) is 1.37. The fourth-order valence-electron chi connectivity index (χ4n) is 1.08. The van der Waals surface area contributed by atoms with E-state index in [1.54, 1.807) is 18.5 Å². The van der Waals surface area contributed by atoms with E-state index in [1.165, 1.54) is 0 Å². The van der Waals surface area contributed by atoms with E-state index in [4.69, 9.17) is 18.0 Å². The van der Waals surface area contributed by atoms with Gasteiger partial charge >= 0.3 is 0 Å². The van der Waals surface area contributed by atoms with E-state index >= 15 is 0 Å². The Morgan fingerprint density at radius 3 is 2.65 bits per heavy atom. The molecular formula is C12H20N4S. The SMILES string of the molecule is CC(NC(=S)Nc1cnccc1N)C(C)(C)C. The largest absolute Gasteiger partial charge is 0.397 e. The van der Waals surface area contributed by atoms with Gasteiger partial charge in [-0.2, -0.15) is 0 Å². The van der Waals surface area contributed by atoms with Crippen LogP contribution < -0.4 is 16.4 Å². The number of nitrogens with two attached hydrogens (primary N) is 1. The van der Waals surface area contributed by atoms with E-state index in [9.17, 15) is 0 Å². The zero-order valence-electron chi connectivity index (χ0n) is 10.7. The van der Waals surface area contributed by atoms with Crippen LogP contribution in [-0.2, 0) is 0 Å². The maximum absolute atomic E-state index is 5.80. The third-order valence-corrected chi connectivity index (χ3v) is 2.97. The predicted octanol–water partition coefficient (Wildman–Crippen LogP) is 2.38. The van der Waals surface area contributed by atoms with Crippen LogP contribution in [0.4, 0.5) is 11.4 Å². The van der Waals surface area contributed by atoms with Crippen LogP contribution in [0.2, 0.25) is 0 Å². The summed E-state index contributed by atoms with van der Waals surface area (Å²) in [6.45, 7) is 8.57. The third-order valence-electron chi connectivity index (χ3n) is 2.75. The number of aromatic nitrogens is 1. The van der Waals surface area contributed by atoms with Crippen molar-refractivity contribution >= 4 is 28.7 Å². The van der Waals surface area contributed by atoms with Gasteiger partial charge in [-0.15, -0.1) is 0 Å². The highest BCUT2D eigenvalue weighted by atomic mass is 32.1. The smallest absolute Gasteiger partial charge is 0.171 e. The zero-order valence-corrected chi connectivity index (χ0v) is 11.6. The van der Waals surface area contributed by atoms with E-state index in [-0.39, 0.29) is 11.5 Å². The van der Waals surface area contributed by atoms with Crippen molar-refractivity contribution in [2.45, 2.75) is 33.7 Å². The van der Waals surface area contributed by atoms with Gasteiger partial charge in [0.05, 0.1) is 17.6 Å². The molecule has 0 saturated heterocycles. The number of nitrogens with one attached hydrogen (secondary N) is 2. The summed E-state index contributed by atoms with van der Waals surface area (Å²) in [6, 6.07) is 2.00. The highest BCUT2D eigenvalue weighted by Crippen LogP contribution is 2.19. The van der Waals surface area contributed by atoms with Gasteiger partial charge in [-0.25, -0.2) is 0 Å². The van der Waals surface area contributed by atoms with Gasteiger partial charge in [-0.1, -0.05) is 20.8 Å². The molecule has 0 bridgehead atoms. The molecule has 0 aliphatic carbocycles. The standard InChI is InChI=1S/C12H20N4S/c1-8(12(2,3)4)15-11(17)16-10-7-14-6-5-9(10)13/h5-8H,1-4H3,(H2,13,14)(H2,15,16,17). The Labute approximate surface area is 108 Å². The summed E-state index contributed by atoms with van der Waals surface area (Å²) >= 11 is 5.24. The molecule has 0 aromatic carbocycles. The van der Waals surface area contributed by atoms with Crippen molar-refractivity contribution in [3.8, 4) is 0 Å². The van der Waals surface area contributed by atoms with Gasteiger partial charge in [0.25, 0.3) is 0 Å². The first-order valence-corrected chi connectivity index (χ1v) is 5.98. The molecule has 5 heteroatoms. The first kappa shape index (κ1) is 13.7. The van der Waals surface area contributed by atoms with Gasteiger partial charge in [0.2, 0.25) is 0 Å². The number of hydrogen-bond acceptors (Lipinski definition) is 3. The summed E-state index contributed by atoms with van der Waals surface area (Å²) in [6.07, 6.45) is 3.31. The highest BCUT2D eigenvalue weighted by molar-refractivity contribution is 7.80. The van der Waals surface area contributed by atoms with Crippen molar-refractivity contribution in [2.24, 2.45) is 5.41 Å². The van der Waals surface area contributed by atoms with E-state index < -0.39 is 0 Å². The molecule has 1 heterocycles. The topological polar surface area (TPSA) is 63.0 Å². The van der Waals surface area contributed by atoms with Gasteiger partial charge in [0.15, 0.2) is 5.11 Å². The molecule has 0 spiro atoms. The molecule has 1 aromatic heterocycles. The maximum atomic E-state index is 5.80. The number of pyridine rings is 1. The number of hydrogen-bond donors (Lipinski definition) is 3. The van der Waals surface area contributed by atoms with Crippen LogP contribution in [0.5, 0.6) is 0 Å². The third kappa shape index (κ3) is 4.19. The van der Waals surface area contributed by atoms with Gasteiger partial charge in [-0.3, -0.25) is 4.98 Å². The van der Waals surface area contributed by atoms with Crippen LogP contribution in [-0.4, -0.2) is 16.1 Å². The Morgan fingerprint density at radius 1 is 1.47 bits per heavy atom. The number of nitrogen functional groups attached to an aromatic ring is 1. The molecule has 1 atom stereocenters. The van der Waals surface area contributed by atoms with Crippen molar-refractivity contribution in [2.75, 3.05) is 11.1 Å². The summed E-state index contributed by atoms with van der Waals surface area (Å²) < 4.78 is 0. The Balaban J connectivity index is 2.60. The lowest BCUT2D eigenvalue weighted by Crippen LogP contribution is -2.43. The first-order valence-electron chi connectivity index (χ1n) is 5.57. The lowest BCUT2D eigenvalue weighted by molar-refractivity contribution is 0.317. The van der Waals surface area contributed by atoms with Crippen molar-refractivity contribution in [3.05, 3.63) is 18.5 Å². The number of nitrogens with zero attached hydrogens (tertiary/aromatic N) is 1. The second-order valence-corrected chi connectivity index (χ2v) is 5.56. The monoisotopic (exact) mass is 252 g/mol. The molecular weight excluding hydrogens is 232 g/mol. The molecule has 0 fully saturated rings. The molecule has 4 nitrogen and oxygen atoms in total. The molecule has 1 rings (SSSR count). The quantitative estimate of drug-likeness (QED) is 0.705. The fraction of sp³-hybridized carbons (Fsp3) is 0.500. The Bertz CT molecular complexity index is 398. The minimum atomic E-state index is 0.145. The van der Waals surface area contributed by atoms with Crippen molar-refractivity contribution in [1.82, 2.24) is 10.3 Å². The molecule has 4 N–H and O–H groups in total. The highest BCUT2D eigenvalue weighted by Gasteiger charge is 2.20. The number of rotatable bonds is 2. The van der Waals surface area contributed by atoms with Crippen LogP contribution in [0.15, 0.2) is 18.5 Å².